The summed E-state index contributed by atoms with van der Waals surface area (Å²) >= 11 is 5.85. The zero-order valence-electron chi connectivity index (χ0n) is 10.8. The second-order valence-corrected chi connectivity index (χ2v) is 4.48. The number of ether oxygens (including phenoxy) is 2. The fourth-order valence-electron chi connectivity index (χ4n) is 1.68. The highest BCUT2D eigenvalue weighted by Gasteiger charge is 2.35. The summed E-state index contributed by atoms with van der Waals surface area (Å²) in [5, 5.41) is 3.77. The van der Waals surface area contributed by atoms with Crippen LogP contribution >= 0.6 is 11.6 Å². The highest BCUT2D eigenvalue weighted by Crippen LogP contribution is 2.23. The first-order valence-corrected chi connectivity index (χ1v) is 6.01. The Morgan fingerprint density at radius 2 is 1.94 bits per heavy atom. The van der Waals surface area contributed by atoms with Crippen LogP contribution in [0.5, 0.6) is 0 Å². The highest BCUT2D eigenvalue weighted by molar-refractivity contribution is 6.30. The maximum absolute atomic E-state index is 12.0. The summed E-state index contributed by atoms with van der Waals surface area (Å²) in [7, 11) is 2.98. The van der Waals surface area contributed by atoms with Crippen LogP contribution in [0.3, 0.4) is 0 Å². The van der Waals surface area contributed by atoms with Crippen LogP contribution in [0.15, 0.2) is 24.3 Å². The minimum absolute atomic E-state index is 0.346. The number of hydrogen-bond donors (Lipinski definition) is 1. The molecule has 0 saturated heterocycles. The van der Waals surface area contributed by atoms with Crippen LogP contribution in [0.4, 0.5) is 0 Å². The number of halogens is 1. The maximum Gasteiger partial charge on any atom is 0.330 e. The van der Waals surface area contributed by atoms with E-state index in [-0.39, 0.29) is 5.97 Å². The second-order valence-electron chi connectivity index (χ2n) is 4.04. The fraction of sp³-hybridized carbons (Fsp3) is 0.462. The minimum Gasteiger partial charge on any atom is -0.467 e. The lowest BCUT2D eigenvalue weighted by Gasteiger charge is -2.28. The van der Waals surface area contributed by atoms with Gasteiger partial charge in [-0.25, -0.2) is 4.79 Å². The van der Waals surface area contributed by atoms with Gasteiger partial charge in [-0.15, -0.1) is 0 Å². The van der Waals surface area contributed by atoms with Gasteiger partial charge in [0.2, 0.25) is 0 Å². The van der Waals surface area contributed by atoms with Gasteiger partial charge in [-0.05, 0) is 24.6 Å². The number of hydrogen-bond acceptors (Lipinski definition) is 4. The van der Waals surface area contributed by atoms with Gasteiger partial charge in [-0.1, -0.05) is 23.7 Å². The Morgan fingerprint density at radius 1 is 1.33 bits per heavy atom. The van der Waals surface area contributed by atoms with Gasteiger partial charge < -0.3 is 9.47 Å². The average molecular weight is 272 g/mol. The molecule has 0 fully saturated rings. The summed E-state index contributed by atoms with van der Waals surface area (Å²) < 4.78 is 9.83. The Kier molecular flexibility index (Phi) is 5.59. The summed E-state index contributed by atoms with van der Waals surface area (Å²) in [5.41, 5.74) is -0.104. The van der Waals surface area contributed by atoms with Crippen LogP contribution in [0, 0.1) is 0 Å². The van der Waals surface area contributed by atoms with Crippen LogP contribution in [-0.4, -0.2) is 33.3 Å². The first kappa shape index (κ1) is 15.0. The van der Waals surface area contributed by atoms with Crippen molar-refractivity contribution in [3.63, 3.8) is 0 Å². The Bertz CT molecular complexity index is 394. The molecule has 0 saturated carbocycles. The van der Waals surface area contributed by atoms with Crippen LogP contribution in [0.25, 0.3) is 0 Å². The number of esters is 1. The SMILES string of the molecule is COCCNC(C)(C(=O)OC)c1ccc(Cl)cc1. The summed E-state index contributed by atoms with van der Waals surface area (Å²) in [6, 6.07) is 7.10. The molecule has 0 radical (unpaired) electrons. The fourth-order valence-corrected chi connectivity index (χ4v) is 1.81. The Balaban J connectivity index is 2.96. The Labute approximate surface area is 112 Å². The van der Waals surface area contributed by atoms with Gasteiger partial charge in [0.15, 0.2) is 0 Å². The van der Waals surface area contributed by atoms with Crippen molar-refractivity contribution in [1.29, 1.82) is 0 Å². The molecule has 1 aromatic carbocycles. The van der Waals surface area contributed by atoms with Gasteiger partial charge in [0.05, 0.1) is 13.7 Å². The molecule has 1 unspecified atom stereocenters. The number of rotatable bonds is 6. The summed E-state index contributed by atoms with van der Waals surface area (Å²) in [6.07, 6.45) is 0. The van der Waals surface area contributed by atoms with Crippen molar-refractivity contribution in [3.05, 3.63) is 34.9 Å². The summed E-state index contributed by atoms with van der Waals surface area (Å²) in [4.78, 5) is 12.0. The molecule has 0 aliphatic rings. The predicted octanol–water partition coefficient (Wildman–Crippen LogP) is 1.96. The van der Waals surface area contributed by atoms with Gasteiger partial charge in [0, 0.05) is 18.7 Å². The maximum atomic E-state index is 12.0. The summed E-state index contributed by atoms with van der Waals surface area (Å²) in [5.74, 6) is -0.346. The first-order valence-electron chi connectivity index (χ1n) is 5.63. The molecule has 0 amide bonds. The van der Waals surface area contributed by atoms with Gasteiger partial charge in [-0.2, -0.15) is 0 Å². The zero-order chi connectivity index (χ0) is 13.6. The van der Waals surface area contributed by atoms with E-state index in [1.807, 2.05) is 0 Å². The molecule has 0 bridgehead atoms. The van der Waals surface area contributed by atoms with E-state index in [1.165, 1.54) is 7.11 Å². The van der Waals surface area contributed by atoms with Crippen LogP contribution in [0.1, 0.15) is 12.5 Å². The van der Waals surface area contributed by atoms with E-state index in [2.05, 4.69) is 5.32 Å². The van der Waals surface area contributed by atoms with Crippen molar-refractivity contribution in [1.82, 2.24) is 5.32 Å². The molecule has 0 heterocycles. The number of carbonyl (C=O) groups is 1. The van der Waals surface area contributed by atoms with Crippen molar-refractivity contribution >= 4 is 17.6 Å². The third-order valence-corrected chi connectivity index (χ3v) is 3.05. The van der Waals surface area contributed by atoms with Gasteiger partial charge >= 0.3 is 5.97 Å². The quantitative estimate of drug-likeness (QED) is 0.635. The molecule has 0 spiro atoms. The second kappa shape index (κ2) is 6.73. The molecular formula is C13H18ClNO3. The molecule has 1 atom stereocenters. The summed E-state index contributed by atoms with van der Waals surface area (Å²) in [6.45, 7) is 2.84. The van der Waals surface area contributed by atoms with Crippen molar-refractivity contribution in [2.24, 2.45) is 0 Å². The van der Waals surface area contributed by atoms with E-state index in [1.54, 1.807) is 38.3 Å². The molecule has 18 heavy (non-hydrogen) atoms. The molecule has 5 heteroatoms. The van der Waals surface area contributed by atoms with Crippen molar-refractivity contribution in [2.45, 2.75) is 12.5 Å². The van der Waals surface area contributed by atoms with E-state index < -0.39 is 5.54 Å². The topological polar surface area (TPSA) is 47.6 Å². The number of nitrogens with one attached hydrogen (secondary N) is 1. The lowest BCUT2D eigenvalue weighted by molar-refractivity contribution is -0.148. The molecule has 0 aliphatic carbocycles. The van der Waals surface area contributed by atoms with E-state index in [0.29, 0.717) is 18.2 Å². The molecule has 1 N–H and O–H groups in total. The average Bonchev–Trinajstić information content (AvgIpc) is 2.38. The van der Waals surface area contributed by atoms with Crippen molar-refractivity contribution < 1.29 is 14.3 Å². The third-order valence-electron chi connectivity index (χ3n) is 2.80. The first-order chi connectivity index (χ1) is 8.54. The van der Waals surface area contributed by atoms with Crippen molar-refractivity contribution in [2.75, 3.05) is 27.4 Å². The molecule has 1 rings (SSSR count). The largest absolute Gasteiger partial charge is 0.467 e. The molecule has 1 aromatic rings. The monoisotopic (exact) mass is 271 g/mol. The molecule has 4 nitrogen and oxygen atoms in total. The standard InChI is InChI=1S/C13H18ClNO3/c1-13(12(16)18-3,15-8-9-17-2)10-4-6-11(14)7-5-10/h4-7,15H,8-9H2,1-3H3. The Hall–Kier alpha value is -1.10. The highest BCUT2D eigenvalue weighted by atomic mass is 35.5. The number of benzene rings is 1. The van der Waals surface area contributed by atoms with Gasteiger partial charge in [-0.3, -0.25) is 5.32 Å². The third kappa shape index (κ3) is 3.45. The van der Waals surface area contributed by atoms with E-state index in [4.69, 9.17) is 21.1 Å². The van der Waals surface area contributed by atoms with Crippen LogP contribution in [-0.2, 0) is 19.8 Å². The van der Waals surface area contributed by atoms with E-state index in [0.717, 1.165) is 5.56 Å². The molecular weight excluding hydrogens is 254 g/mol. The number of methoxy groups -OCH3 is 2. The number of carbonyl (C=O) groups excluding carboxylic acids is 1. The molecule has 100 valence electrons. The normalized spacial score (nSPS) is 14.0. The zero-order valence-corrected chi connectivity index (χ0v) is 11.6. The van der Waals surface area contributed by atoms with Crippen LogP contribution in [0.2, 0.25) is 5.02 Å². The lowest BCUT2D eigenvalue weighted by atomic mass is 9.92. The molecule has 0 aromatic heterocycles. The van der Waals surface area contributed by atoms with Gasteiger partial charge in [0.25, 0.3) is 0 Å². The van der Waals surface area contributed by atoms with E-state index in [9.17, 15) is 4.79 Å². The lowest BCUT2D eigenvalue weighted by Crippen LogP contribution is -2.48. The van der Waals surface area contributed by atoms with Crippen molar-refractivity contribution in [3.8, 4) is 0 Å². The van der Waals surface area contributed by atoms with E-state index >= 15 is 0 Å². The van der Waals surface area contributed by atoms with Crippen LogP contribution < -0.4 is 5.32 Å². The van der Waals surface area contributed by atoms with Gasteiger partial charge in [0.1, 0.15) is 5.54 Å². The Morgan fingerprint density at radius 3 is 2.44 bits per heavy atom. The minimum atomic E-state index is -0.905. The predicted molar refractivity (Wildman–Crippen MR) is 70.7 cm³/mol. The molecule has 0 aliphatic heterocycles. The smallest absolute Gasteiger partial charge is 0.330 e.